The van der Waals surface area contributed by atoms with E-state index in [-0.39, 0.29) is 24.0 Å². The zero-order valence-corrected chi connectivity index (χ0v) is 16.6. The predicted octanol–water partition coefficient (Wildman–Crippen LogP) is 3.22. The molecule has 1 atom stereocenters. The minimum Gasteiger partial charge on any atom is -0.459 e. The van der Waals surface area contributed by atoms with E-state index in [9.17, 15) is 21.6 Å². The Morgan fingerprint density at radius 1 is 1.10 bits per heavy atom. The topological polar surface area (TPSA) is 81.6 Å². The van der Waals surface area contributed by atoms with Crippen molar-refractivity contribution in [3.05, 3.63) is 41.7 Å². The maximum Gasteiger partial charge on any atom is 0.573 e. The molecule has 0 amide bonds. The first-order valence-electron chi connectivity index (χ1n) is 8.88. The molecule has 0 radical (unpaired) electrons. The third-order valence-corrected chi connectivity index (χ3v) is 6.15. The molecule has 7 nitrogen and oxygen atoms in total. The van der Waals surface area contributed by atoms with Crippen molar-refractivity contribution in [2.24, 2.45) is 0 Å². The molecule has 0 N–H and O–H groups in total. The van der Waals surface area contributed by atoms with Crippen LogP contribution in [0.3, 0.4) is 0 Å². The van der Waals surface area contributed by atoms with Crippen LogP contribution in [0.15, 0.2) is 35.2 Å². The smallest absolute Gasteiger partial charge is 0.459 e. The molecule has 1 saturated heterocycles. The van der Waals surface area contributed by atoms with Crippen LogP contribution in [-0.2, 0) is 10.0 Å². The van der Waals surface area contributed by atoms with E-state index in [0.717, 1.165) is 35.7 Å². The van der Waals surface area contributed by atoms with Crippen molar-refractivity contribution in [3.63, 3.8) is 0 Å². The lowest BCUT2D eigenvalue weighted by molar-refractivity contribution is -0.274. The number of nitrogens with zero attached hydrogens (tertiary/aromatic N) is 3. The Labute approximate surface area is 166 Å². The maximum atomic E-state index is 12.9. The number of aryl methyl sites for hydroxylation is 2. The zero-order chi connectivity index (χ0) is 21.2. The van der Waals surface area contributed by atoms with E-state index in [4.69, 9.17) is 4.74 Å². The van der Waals surface area contributed by atoms with Crippen LogP contribution in [-0.4, -0.2) is 48.2 Å². The van der Waals surface area contributed by atoms with Gasteiger partial charge in [0.15, 0.2) is 0 Å². The van der Waals surface area contributed by atoms with Crippen molar-refractivity contribution in [2.45, 2.75) is 44.1 Å². The molecule has 29 heavy (non-hydrogen) atoms. The van der Waals surface area contributed by atoms with E-state index in [2.05, 4.69) is 14.7 Å². The minimum absolute atomic E-state index is 0.0967. The molecule has 2 aromatic rings. The number of alkyl halides is 3. The highest BCUT2D eigenvalue weighted by atomic mass is 32.2. The van der Waals surface area contributed by atoms with Gasteiger partial charge in [-0.1, -0.05) is 0 Å². The van der Waals surface area contributed by atoms with Crippen LogP contribution < -0.4 is 9.47 Å². The summed E-state index contributed by atoms with van der Waals surface area (Å²) in [5, 5.41) is 0. The number of hydrogen-bond donors (Lipinski definition) is 0. The van der Waals surface area contributed by atoms with Crippen LogP contribution in [0.25, 0.3) is 0 Å². The molecule has 1 aromatic heterocycles. The van der Waals surface area contributed by atoms with E-state index in [1.807, 2.05) is 13.8 Å². The lowest BCUT2D eigenvalue weighted by atomic mass is 10.1. The van der Waals surface area contributed by atoms with Crippen LogP contribution in [0, 0.1) is 13.8 Å². The van der Waals surface area contributed by atoms with Gasteiger partial charge >= 0.3 is 12.4 Å². The first-order chi connectivity index (χ1) is 13.5. The standard InChI is InChI=1S/C18H20F3N3O4S/c1-12-10-13(2)23-17(22-12)27-15-4-3-9-24(11-15)29(25,26)16-7-5-14(6-8-16)28-18(19,20)21/h5-8,10,15H,3-4,9,11H2,1-2H3. The van der Waals surface area contributed by atoms with Crippen molar-refractivity contribution in [2.75, 3.05) is 13.1 Å². The second kappa shape index (κ2) is 8.15. The molecule has 1 fully saturated rings. The zero-order valence-electron chi connectivity index (χ0n) is 15.8. The number of halogens is 3. The SMILES string of the molecule is Cc1cc(C)nc(OC2CCCN(S(=O)(=O)c3ccc(OC(F)(F)F)cc3)C2)n1. The summed E-state index contributed by atoms with van der Waals surface area (Å²) in [5.41, 5.74) is 1.49. The molecule has 0 bridgehead atoms. The normalized spacial score (nSPS) is 18.4. The molecule has 158 valence electrons. The molecule has 11 heteroatoms. The molecule has 1 aliphatic rings. The van der Waals surface area contributed by atoms with Crippen LogP contribution in [0.1, 0.15) is 24.2 Å². The van der Waals surface area contributed by atoms with Crippen molar-refractivity contribution >= 4 is 10.0 Å². The maximum absolute atomic E-state index is 12.9. The van der Waals surface area contributed by atoms with Crippen molar-refractivity contribution in [3.8, 4) is 11.8 Å². The van der Waals surface area contributed by atoms with Crippen molar-refractivity contribution in [1.82, 2.24) is 14.3 Å². The highest BCUT2D eigenvalue weighted by Gasteiger charge is 2.33. The molecule has 0 aliphatic carbocycles. The second-order valence-corrected chi connectivity index (χ2v) is 8.64. The van der Waals surface area contributed by atoms with Gasteiger partial charge < -0.3 is 9.47 Å². The lowest BCUT2D eigenvalue weighted by Gasteiger charge is -2.31. The third kappa shape index (κ3) is 5.57. The van der Waals surface area contributed by atoms with E-state index in [1.54, 1.807) is 6.07 Å². The monoisotopic (exact) mass is 431 g/mol. The molecule has 1 aromatic carbocycles. The Kier molecular flexibility index (Phi) is 5.99. The van der Waals surface area contributed by atoms with Crippen molar-refractivity contribution in [1.29, 1.82) is 0 Å². The Balaban J connectivity index is 1.71. The summed E-state index contributed by atoms with van der Waals surface area (Å²) in [5.74, 6) is -0.483. The van der Waals surface area contributed by atoms with Gasteiger partial charge in [-0.25, -0.2) is 18.4 Å². The van der Waals surface area contributed by atoms with E-state index in [0.29, 0.717) is 12.8 Å². The Bertz CT molecular complexity index is 945. The number of aromatic nitrogens is 2. The van der Waals surface area contributed by atoms with Gasteiger partial charge in [-0.3, -0.25) is 0 Å². The van der Waals surface area contributed by atoms with Gasteiger partial charge in [0.05, 0.1) is 11.4 Å². The molecule has 3 rings (SSSR count). The average Bonchev–Trinajstić information content (AvgIpc) is 2.60. The van der Waals surface area contributed by atoms with E-state index in [1.165, 1.54) is 4.31 Å². The van der Waals surface area contributed by atoms with E-state index >= 15 is 0 Å². The average molecular weight is 431 g/mol. The Morgan fingerprint density at radius 2 is 1.72 bits per heavy atom. The molecular formula is C18H20F3N3O4S. The molecule has 0 saturated carbocycles. The van der Waals surface area contributed by atoms with Gasteiger partial charge in [-0.15, -0.1) is 13.2 Å². The Hall–Kier alpha value is -2.40. The number of ether oxygens (including phenoxy) is 2. The molecule has 1 aliphatic heterocycles. The van der Waals surface area contributed by atoms with Gasteiger partial charge in [0.25, 0.3) is 0 Å². The number of rotatable bonds is 5. The number of sulfonamides is 1. The summed E-state index contributed by atoms with van der Waals surface area (Å²) in [7, 11) is -3.89. The summed E-state index contributed by atoms with van der Waals surface area (Å²) in [6.07, 6.45) is -4.05. The largest absolute Gasteiger partial charge is 0.573 e. The first-order valence-corrected chi connectivity index (χ1v) is 10.3. The fraction of sp³-hybridized carbons (Fsp3) is 0.444. The number of piperidine rings is 1. The first kappa shape index (κ1) is 21.3. The predicted molar refractivity (Wildman–Crippen MR) is 97.0 cm³/mol. The van der Waals surface area contributed by atoms with Crippen LogP contribution >= 0.6 is 0 Å². The third-order valence-electron chi connectivity index (χ3n) is 4.27. The van der Waals surface area contributed by atoms with Crippen LogP contribution in [0.4, 0.5) is 13.2 Å². The molecule has 0 spiro atoms. The van der Waals surface area contributed by atoms with Crippen LogP contribution in [0.5, 0.6) is 11.8 Å². The van der Waals surface area contributed by atoms with Gasteiger partial charge in [0.1, 0.15) is 11.9 Å². The highest BCUT2D eigenvalue weighted by molar-refractivity contribution is 7.89. The molecular weight excluding hydrogens is 411 g/mol. The molecule has 2 heterocycles. The second-order valence-electron chi connectivity index (χ2n) is 6.70. The lowest BCUT2D eigenvalue weighted by Crippen LogP contribution is -2.44. The number of benzene rings is 1. The fourth-order valence-electron chi connectivity index (χ4n) is 3.08. The summed E-state index contributed by atoms with van der Waals surface area (Å²) < 4.78 is 73.3. The summed E-state index contributed by atoms with van der Waals surface area (Å²) >= 11 is 0. The van der Waals surface area contributed by atoms with Gasteiger partial charge in [-0.05, 0) is 57.0 Å². The minimum atomic E-state index is -4.84. The van der Waals surface area contributed by atoms with Crippen molar-refractivity contribution < 1.29 is 31.1 Å². The summed E-state index contributed by atoms with van der Waals surface area (Å²) in [4.78, 5) is 8.30. The quantitative estimate of drug-likeness (QED) is 0.723. The van der Waals surface area contributed by atoms with Gasteiger partial charge in [0.2, 0.25) is 10.0 Å². The summed E-state index contributed by atoms with van der Waals surface area (Å²) in [6.45, 7) is 4.01. The fourth-order valence-corrected chi connectivity index (χ4v) is 4.59. The molecule has 1 unspecified atom stereocenters. The van der Waals surface area contributed by atoms with Gasteiger partial charge in [-0.2, -0.15) is 4.31 Å². The van der Waals surface area contributed by atoms with E-state index < -0.39 is 28.2 Å². The Morgan fingerprint density at radius 3 is 2.31 bits per heavy atom. The summed E-state index contributed by atoms with van der Waals surface area (Å²) in [6, 6.07) is 6.13. The van der Waals surface area contributed by atoms with Crippen LogP contribution in [0.2, 0.25) is 0 Å². The highest BCUT2D eigenvalue weighted by Crippen LogP contribution is 2.27. The van der Waals surface area contributed by atoms with Gasteiger partial charge in [0, 0.05) is 17.9 Å². The number of hydrogen-bond acceptors (Lipinski definition) is 6.